The van der Waals surface area contributed by atoms with Crippen LogP contribution in [-0.2, 0) is 19.1 Å². The van der Waals surface area contributed by atoms with Gasteiger partial charge in [0.05, 0.1) is 23.3 Å². The number of nitrogens with zero attached hydrogens (tertiary/aromatic N) is 2. The van der Waals surface area contributed by atoms with Crippen LogP contribution in [0.15, 0.2) is 41.6 Å². The number of halogens is 1. The SMILES string of the molecule is CC(=O)O[C@H]1CC[C@]2(C)[C@H]3CC[C@@H]4C5=C(C(C)C)C(=O)C[C@]5(C(=O)N5CCC[C@H]5c5ncc(-c6ccc(F)cc6)[nH]5)CC[C@@]4(C)[C@]3(C)CC[C@H]2C1(C)C. The Hall–Kier alpha value is -3.29. The predicted octanol–water partition coefficient (Wildman–Crippen LogP) is 9.79. The van der Waals surface area contributed by atoms with Gasteiger partial charge in [-0.1, -0.05) is 48.5 Å². The molecule has 8 rings (SSSR count). The quantitative estimate of drug-likeness (QED) is 0.310. The summed E-state index contributed by atoms with van der Waals surface area (Å²) in [6.07, 6.45) is 11.7. The van der Waals surface area contributed by atoms with E-state index in [0.717, 1.165) is 80.4 Å². The lowest BCUT2D eigenvalue weighted by molar-refractivity contribution is -0.232. The zero-order valence-corrected chi connectivity index (χ0v) is 33.2. The molecule has 1 amide bonds. The predicted molar refractivity (Wildman–Crippen MR) is 203 cm³/mol. The maximum Gasteiger partial charge on any atom is 0.302 e. The second-order valence-corrected chi connectivity index (χ2v) is 19.6. The van der Waals surface area contributed by atoms with Crippen LogP contribution in [0.25, 0.3) is 11.3 Å². The summed E-state index contributed by atoms with van der Waals surface area (Å²) in [7, 11) is 0. The fraction of sp³-hybridized carbons (Fsp3) is 0.689. The second kappa shape index (κ2) is 12.4. The largest absolute Gasteiger partial charge is 0.462 e. The summed E-state index contributed by atoms with van der Waals surface area (Å²) in [5.74, 6) is 1.82. The minimum absolute atomic E-state index is 0.0415. The van der Waals surface area contributed by atoms with E-state index in [4.69, 9.17) is 9.72 Å². The molecule has 5 aliphatic carbocycles. The smallest absolute Gasteiger partial charge is 0.302 e. The molecule has 1 aliphatic heterocycles. The van der Waals surface area contributed by atoms with Crippen LogP contribution in [0.3, 0.4) is 0 Å². The summed E-state index contributed by atoms with van der Waals surface area (Å²) < 4.78 is 19.6. The van der Waals surface area contributed by atoms with Crippen LogP contribution >= 0.6 is 0 Å². The van der Waals surface area contributed by atoms with E-state index in [1.54, 1.807) is 25.3 Å². The van der Waals surface area contributed by atoms with E-state index >= 15 is 4.79 Å². The van der Waals surface area contributed by atoms with Gasteiger partial charge < -0.3 is 14.6 Å². The van der Waals surface area contributed by atoms with Crippen molar-refractivity contribution in [1.29, 1.82) is 0 Å². The summed E-state index contributed by atoms with van der Waals surface area (Å²) in [6, 6.07) is 6.20. The molecule has 0 bridgehead atoms. The maximum absolute atomic E-state index is 15.4. The molecule has 6 aliphatic rings. The number of carbonyl (C=O) groups excluding carboxylic acids is 3. The lowest BCUT2D eigenvalue weighted by atomic mass is 9.33. The topological polar surface area (TPSA) is 92.4 Å². The van der Waals surface area contributed by atoms with Crippen molar-refractivity contribution in [2.75, 3.05) is 6.54 Å². The Morgan fingerprint density at radius 3 is 2.36 bits per heavy atom. The number of ketones is 1. The normalized spacial score (nSPS) is 39.0. The molecule has 7 nitrogen and oxygen atoms in total. The summed E-state index contributed by atoms with van der Waals surface area (Å²) >= 11 is 0. The number of H-pyrrole nitrogens is 1. The Labute approximate surface area is 315 Å². The number of likely N-dealkylation sites (tertiary alicyclic amines) is 1. The number of esters is 1. The van der Waals surface area contributed by atoms with Crippen molar-refractivity contribution < 1.29 is 23.5 Å². The van der Waals surface area contributed by atoms with E-state index in [9.17, 15) is 14.0 Å². The highest BCUT2D eigenvalue weighted by Gasteiger charge is 2.71. The number of allylic oxidation sites excluding steroid dienone is 1. The molecule has 1 saturated heterocycles. The number of imidazole rings is 1. The molecule has 4 saturated carbocycles. The minimum Gasteiger partial charge on any atom is -0.462 e. The highest BCUT2D eigenvalue weighted by Crippen LogP contribution is 2.77. The summed E-state index contributed by atoms with van der Waals surface area (Å²) in [5.41, 5.74) is 3.04. The first-order valence-corrected chi connectivity index (χ1v) is 20.5. The summed E-state index contributed by atoms with van der Waals surface area (Å²) in [4.78, 5) is 52.1. The van der Waals surface area contributed by atoms with Gasteiger partial charge in [-0.3, -0.25) is 14.4 Å². The first-order chi connectivity index (χ1) is 25.0. The Balaban J connectivity index is 1.13. The maximum atomic E-state index is 15.4. The molecule has 286 valence electrons. The molecule has 53 heavy (non-hydrogen) atoms. The Kier molecular flexibility index (Phi) is 8.55. The van der Waals surface area contributed by atoms with Crippen molar-refractivity contribution in [2.45, 2.75) is 138 Å². The number of Topliss-reactive ketones (excluding diaryl/α,β-unsaturated/α-hetero) is 1. The van der Waals surface area contributed by atoms with Crippen molar-refractivity contribution in [3.8, 4) is 11.3 Å². The van der Waals surface area contributed by atoms with Crippen molar-refractivity contribution in [3.63, 3.8) is 0 Å². The van der Waals surface area contributed by atoms with Crippen molar-refractivity contribution in [1.82, 2.24) is 14.9 Å². The molecule has 0 radical (unpaired) electrons. The number of benzene rings is 1. The van der Waals surface area contributed by atoms with E-state index in [1.807, 2.05) is 0 Å². The Bertz CT molecular complexity index is 1860. The third-order valence-corrected chi connectivity index (χ3v) is 16.7. The monoisotopic (exact) mass is 725 g/mol. The van der Waals surface area contributed by atoms with Gasteiger partial charge in [-0.2, -0.15) is 0 Å². The molecule has 2 aromatic rings. The Morgan fingerprint density at radius 2 is 1.66 bits per heavy atom. The standard InChI is InChI=1S/C45H60FN3O4/c1-26(2)37-33(51)24-45(40(52)49-23-9-10-32(49)39-47-25-31(48-39)28-11-13-29(46)14-12-28)22-21-43(7)30(38(37)45)15-16-35-42(6)19-18-36(53-27(3)50)41(4,5)34(42)17-20-44(35,43)8/h11-14,25-26,30,32,34-36H,9-10,15-24H2,1-8H3,(H,47,48)/t30-,32+,34+,35-,36+,42+,43-,44-,45-/m1/s1. The van der Waals surface area contributed by atoms with Crippen LogP contribution in [0.5, 0.6) is 0 Å². The number of aromatic amines is 1. The van der Waals surface area contributed by atoms with Crippen molar-refractivity contribution >= 4 is 17.7 Å². The zero-order valence-electron chi connectivity index (χ0n) is 33.2. The molecule has 1 aromatic carbocycles. The first-order valence-electron chi connectivity index (χ1n) is 20.5. The summed E-state index contributed by atoms with van der Waals surface area (Å²) in [6.45, 7) is 18.8. The molecule has 0 spiro atoms. The highest BCUT2D eigenvalue weighted by atomic mass is 19.1. The lowest BCUT2D eigenvalue weighted by Crippen LogP contribution is -2.66. The number of rotatable bonds is 5. The second-order valence-electron chi connectivity index (χ2n) is 19.6. The van der Waals surface area contributed by atoms with Crippen LogP contribution < -0.4 is 0 Å². The van der Waals surface area contributed by atoms with Gasteiger partial charge >= 0.3 is 5.97 Å². The zero-order chi connectivity index (χ0) is 37.9. The first kappa shape index (κ1) is 36.7. The van der Waals surface area contributed by atoms with Crippen molar-refractivity contribution in [2.24, 2.45) is 50.7 Å². The van der Waals surface area contributed by atoms with Crippen LogP contribution in [0.4, 0.5) is 4.39 Å². The van der Waals surface area contributed by atoms with Gasteiger partial charge in [0.15, 0.2) is 5.78 Å². The number of fused-ring (bicyclic) bond motifs is 7. The van der Waals surface area contributed by atoms with E-state index in [0.29, 0.717) is 24.8 Å². The van der Waals surface area contributed by atoms with Crippen molar-refractivity contribution in [3.05, 3.63) is 53.3 Å². The fourth-order valence-corrected chi connectivity index (χ4v) is 14.1. The third kappa shape index (κ3) is 5.15. The fourth-order valence-electron chi connectivity index (χ4n) is 14.1. The number of hydrogen-bond acceptors (Lipinski definition) is 5. The number of amides is 1. The van der Waals surface area contributed by atoms with E-state index in [-0.39, 0.29) is 75.5 Å². The van der Waals surface area contributed by atoms with Gasteiger partial charge in [0.2, 0.25) is 5.91 Å². The van der Waals surface area contributed by atoms with Gasteiger partial charge in [0, 0.05) is 25.3 Å². The van der Waals surface area contributed by atoms with Crippen LogP contribution in [0.1, 0.15) is 138 Å². The van der Waals surface area contributed by atoms with Gasteiger partial charge in [-0.05, 0) is 145 Å². The number of carbonyl (C=O) groups is 3. The molecule has 8 heteroatoms. The molecular weight excluding hydrogens is 666 g/mol. The van der Waals surface area contributed by atoms with Gasteiger partial charge in [-0.25, -0.2) is 9.37 Å². The number of aromatic nitrogens is 2. The number of hydrogen-bond donors (Lipinski definition) is 1. The van der Waals surface area contributed by atoms with Gasteiger partial charge in [0.25, 0.3) is 0 Å². The molecule has 5 fully saturated rings. The van der Waals surface area contributed by atoms with E-state index < -0.39 is 5.41 Å². The van der Waals surface area contributed by atoms with E-state index in [2.05, 4.69) is 58.4 Å². The Morgan fingerprint density at radius 1 is 0.925 bits per heavy atom. The number of nitrogens with one attached hydrogen (secondary N) is 1. The molecule has 1 N–H and O–H groups in total. The van der Waals surface area contributed by atoms with Crippen LogP contribution in [0, 0.1) is 56.6 Å². The van der Waals surface area contributed by atoms with Gasteiger partial charge in [0.1, 0.15) is 17.7 Å². The molecule has 0 unspecified atom stereocenters. The van der Waals surface area contributed by atoms with Gasteiger partial charge in [-0.15, -0.1) is 0 Å². The molecule has 9 atom stereocenters. The third-order valence-electron chi connectivity index (χ3n) is 16.7. The molecular formula is C45H60FN3O4. The summed E-state index contributed by atoms with van der Waals surface area (Å²) in [5, 5.41) is 0. The molecule has 1 aromatic heterocycles. The average molecular weight is 726 g/mol. The average Bonchev–Trinajstić information content (AvgIpc) is 3.84. The van der Waals surface area contributed by atoms with Crippen LogP contribution in [0.2, 0.25) is 0 Å². The van der Waals surface area contributed by atoms with E-state index in [1.165, 1.54) is 17.7 Å². The minimum atomic E-state index is -0.801. The highest BCUT2D eigenvalue weighted by molar-refractivity contribution is 6.07. The molecule has 2 heterocycles. The lowest BCUT2D eigenvalue weighted by Gasteiger charge is -2.72. The number of ether oxygens (including phenoxy) is 1. The van der Waals surface area contributed by atoms with Crippen LogP contribution in [-0.4, -0.2) is 45.2 Å².